The van der Waals surface area contributed by atoms with E-state index in [1.54, 1.807) is 17.9 Å². The van der Waals surface area contributed by atoms with Gasteiger partial charge in [-0.05, 0) is 12.5 Å². The molecule has 1 N–H and O–H groups in total. The molecular weight excluding hydrogens is 346 g/mol. The summed E-state index contributed by atoms with van der Waals surface area (Å²) >= 11 is 0. The number of carbonyl (C=O) groups excluding carboxylic acids is 2. The Morgan fingerprint density at radius 3 is 2.93 bits per heavy atom. The highest BCUT2D eigenvalue weighted by Gasteiger charge is 2.67. The van der Waals surface area contributed by atoms with Crippen molar-refractivity contribution in [1.82, 2.24) is 10.5 Å². The topological polar surface area (TPSA) is 84.7 Å². The molecular formula is C20H19N3O4. The first kappa shape index (κ1) is 16.3. The number of nitrogens with zero attached hydrogens (tertiary/aromatic N) is 2. The summed E-state index contributed by atoms with van der Waals surface area (Å²) in [6, 6.07) is 11.4. The molecule has 0 aliphatic carbocycles. The van der Waals surface area contributed by atoms with E-state index in [1.165, 1.54) is 0 Å². The highest BCUT2D eigenvalue weighted by atomic mass is 16.5. The number of anilines is 1. The van der Waals surface area contributed by atoms with E-state index in [9.17, 15) is 9.59 Å². The van der Waals surface area contributed by atoms with Crippen molar-refractivity contribution in [3.8, 4) is 0 Å². The van der Waals surface area contributed by atoms with Gasteiger partial charge in [0.05, 0.1) is 24.5 Å². The number of hydrogen-bond acceptors (Lipinski definition) is 5. The fraction of sp³-hybridized carbons (Fsp3) is 0.350. The summed E-state index contributed by atoms with van der Waals surface area (Å²) in [4.78, 5) is 27.6. The van der Waals surface area contributed by atoms with Gasteiger partial charge in [-0.2, -0.15) is 0 Å². The molecule has 1 aromatic heterocycles. The van der Waals surface area contributed by atoms with Gasteiger partial charge in [0.2, 0.25) is 11.8 Å². The fourth-order valence-electron chi connectivity index (χ4n) is 4.37. The lowest BCUT2D eigenvalue weighted by Gasteiger charge is -2.23. The molecule has 1 aromatic carbocycles. The van der Waals surface area contributed by atoms with E-state index < -0.39 is 17.4 Å². The monoisotopic (exact) mass is 365 g/mol. The SMILES string of the molecule is Cc1cc(N2CC34C=CC(O3)C(C(=O)NCc3ccccc3)C4C2=O)no1. The standard InChI is InChI=1S/C20H19N3O4/c1-12-9-15(22-27-12)23-11-20-8-7-14(26-20)16(17(20)19(23)25)18(24)21-10-13-5-3-2-4-6-13/h2-9,14,16-17H,10-11H2,1H3,(H,21,24). The average Bonchev–Trinajstić information content (AvgIpc) is 3.42. The Hall–Kier alpha value is -2.93. The van der Waals surface area contributed by atoms with Gasteiger partial charge in [-0.3, -0.25) is 14.5 Å². The summed E-state index contributed by atoms with van der Waals surface area (Å²) in [5.74, 6) is -0.290. The van der Waals surface area contributed by atoms with Gasteiger partial charge in [0, 0.05) is 12.6 Å². The van der Waals surface area contributed by atoms with Crippen LogP contribution in [0.1, 0.15) is 11.3 Å². The van der Waals surface area contributed by atoms with Crippen LogP contribution in [0.2, 0.25) is 0 Å². The smallest absolute Gasteiger partial charge is 0.235 e. The van der Waals surface area contributed by atoms with Crippen molar-refractivity contribution in [2.45, 2.75) is 25.2 Å². The van der Waals surface area contributed by atoms with Crippen molar-refractivity contribution < 1.29 is 18.8 Å². The molecule has 2 fully saturated rings. The first-order valence-corrected chi connectivity index (χ1v) is 9.01. The molecule has 138 valence electrons. The maximum Gasteiger partial charge on any atom is 0.235 e. The maximum absolute atomic E-state index is 13.1. The Labute approximate surface area is 156 Å². The predicted octanol–water partition coefficient (Wildman–Crippen LogP) is 1.59. The lowest BCUT2D eigenvalue weighted by Crippen LogP contribution is -2.44. The summed E-state index contributed by atoms with van der Waals surface area (Å²) in [7, 11) is 0. The Kier molecular flexibility index (Phi) is 3.48. The van der Waals surface area contributed by atoms with Crippen LogP contribution in [0.15, 0.2) is 53.1 Å². The highest BCUT2D eigenvalue weighted by Crippen LogP contribution is 2.52. The minimum atomic E-state index is -0.761. The van der Waals surface area contributed by atoms with Crippen LogP contribution in [-0.2, 0) is 20.9 Å². The fourth-order valence-corrected chi connectivity index (χ4v) is 4.37. The van der Waals surface area contributed by atoms with Crippen molar-refractivity contribution >= 4 is 17.6 Å². The Morgan fingerprint density at radius 2 is 2.19 bits per heavy atom. The van der Waals surface area contributed by atoms with Crippen molar-refractivity contribution in [3.63, 3.8) is 0 Å². The van der Waals surface area contributed by atoms with Crippen molar-refractivity contribution in [2.24, 2.45) is 11.8 Å². The van der Waals surface area contributed by atoms with Crippen LogP contribution in [0.25, 0.3) is 0 Å². The van der Waals surface area contributed by atoms with Gasteiger partial charge in [-0.15, -0.1) is 0 Å². The average molecular weight is 365 g/mol. The van der Waals surface area contributed by atoms with Crippen molar-refractivity contribution in [1.29, 1.82) is 0 Å². The quantitative estimate of drug-likeness (QED) is 0.832. The maximum atomic E-state index is 13.1. The van der Waals surface area contributed by atoms with Crippen LogP contribution in [0.3, 0.4) is 0 Å². The van der Waals surface area contributed by atoms with E-state index >= 15 is 0 Å². The Morgan fingerprint density at radius 1 is 1.37 bits per heavy atom. The molecule has 5 rings (SSSR count). The number of carbonyl (C=O) groups is 2. The lowest BCUT2D eigenvalue weighted by atomic mass is 9.77. The summed E-state index contributed by atoms with van der Waals surface area (Å²) in [5, 5.41) is 6.91. The van der Waals surface area contributed by atoms with Crippen LogP contribution in [-0.4, -0.2) is 35.2 Å². The molecule has 7 nitrogen and oxygen atoms in total. The normalized spacial score (nSPS) is 30.8. The molecule has 27 heavy (non-hydrogen) atoms. The third-order valence-electron chi connectivity index (χ3n) is 5.60. The number of fused-ring (bicyclic) bond motifs is 1. The minimum Gasteiger partial charge on any atom is -0.360 e. The molecule has 4 unspecified atom stereocenters. The second kappa shape index (κ2) is 5.79. The molecule has 7 heteroatoms. The summed E-state index contributed by atoms with van der Waals surface area (Å²) in [5.41, 5.74) is 0.251. The first-order valence-electron chi connectivity index (χ1n) is 9.01. The number of nitrogens with one attached hydrogen (secondary N) is 1. The van der Waals surface area contributed by atoms with Gasteiger partial charge >= 0.3 is 0 Å². The molecule has 3 aliphatic heterocycles. The van der Waals surface area contributed by atoms with E-state index in [0.29, 0.717) is 24.7 Å². The largest absolute Gasteiger partial charge is 0.360 e. The van der Waals surface area contributed by atoms with E-state index in [0.717, 1.165) is 5.56 Å². The summed E-state index contributed by atoms with van der Waals surface area (Å²) < 4.78 is 11.2. The molecule has 3 aliphatic rings. The van der Waals surface area contributed by atoms with Gasteiger partial charge in [-0.1, -0.05) is 47.6 Å². The van der Waals surface area contributed by atoms with E-state index in [2.05, 4.69) is 10.5 Å². The number of aromatic nitrogens is 1. The third kappa shape index (κ3) is 2.42. The number of ether oxygens (including phenoxy) is 1. The van der Waals surface area contributed by atoms with Crippen LogP contribution in [0.5, 0.6) is 0 Å². The molecule has 2 saturated heterocycles. The Balaban J connectivity index is 1.38. The molecule has 0 radical (unpaired) electrons. The first-order chi connectivity index (χ1) is 13.1. The highest BCUT2D eigenvalue weighted by molar-refractivity contribution is 6.02. The zero-order valence-electron chi connectivity index (χ0n) is 14.8. The lowest BCUT2D eigenvalue weighted by molar-refractivity contribution is -0.132. The van der Waals surface area contributed by atoms with Gasteiger partial charge in [-0.25, -0.2) is 0 Å². The minimum absolute atomic E-state index is 0.144. The van der Waals surface area contributed by atoms with Gasteiger partial charge in [0.25, 0.3) is 0 Å². The molecule has 2 aromatic rings. The van der Waals surface area contributed by atoms with Crippen molar-refractivity contribution in [3.05, 3.63) is 59.9 Å². The molecule has 0 saturated carbocycles. The predicted molar refractivity (Wildman–Crippen MR) is 95.6 cm³/mol. The van der Waals surface area contributed by atoms with E-state index in [4.69, 9.17) is 9.26 Å². The van der Waals surface area contributed by atoms with Gasteiger partial charge in [0.15, 0.2) is 5.82 Å². The molecule has 1 spiro atoms. The summed E-state index contributed by atoms with van der Waals surface area (Å²) in [6.45, 7) is 2.54. The van der Waals surface area contributed by atoms with Crippen LogP contribution in [0.4, 0.5) is 5.82 Å². The molecule has 2 amide bonds. The van der Waals surface area contributed by atoms with Crippen molar-refractivity contribution in [2.75, 3.05) is 11.4 Å². The number of rotatable bonds is 4. The van der Waals surface area contributed by atoms with E-state index in [-0.39, 0.29) is 17.9 Å². The molecule has 4 atom stereocenters. The third-order valence-corrected chi connectivity index (χ3v) is 5.60. The van der Waals surface area contributed by atoms with E-state index in [1.807, 2.05) is 42.5 Å². The zero-order chi connectivity index (χ0) is 18.6. The number of aryl methyl sites for hydroxylation is 1. The second-order valence-electron chi connectivity index (χ2n) is 7.32. The van der Waals surface area contributed by atoms with Crippen LogP contribution in [0, 0.1) is 18.8 Å². The second-order valence-corrected chi connectivity index (χ2v) is 7.32. The summed E-state index contributed by atoms with van der Waals surface area (Å²) in [6.07, 6.45) is 3.46. The molecule has 4 heterocycles. The van der Waals surface area contributed by atoms with Crippen LogP contribution < -0.4 is 10.2 Å². The van der Waals surface area contributed by atoms with Crippen LogP contribution >= 0.6 is 0 Å². The number of amides is 2. The van der Waals surface area contributed by atoms with Gasteiger partial charge in [0.1, 0.15) is 11.4 Å². The number of hydrogen-bond donors (Lipinski definition) is 1. The Bertz CT molecular complexity index is 938. The zero-order valence-corrected chi connectivity index (χ0v) is 14.8. The number of benzene rings is 1. The molecule has 2 bridgehead atoms. The van der Waals surface area contributed by atoms with Gasteiger partial charge < -0.3 is 14.6 Å².